The molecule has 2 aromatic heterocycles. The number of aromatic hydroxyl groups is 1. The molecule has 4 aromatic rings. The van der Waals surface area contributed by atoms with E-state index in [1.54, 1.807) is 30.1 Å². The van der Waals surface area contributed by atoms with Crippen LogP contribution in [0.2, 0.25) is 0 Å². The van der Waals surface area contributed by atoms with Gasteiger partial charge in [0, 0.05) is 11.1 Å². The smallest absolute Gasteiger partial charge is 0.174 e. The van der Waals surface area contributed by atoms with Crippen LogP contribution in [0.3, 0.4) is 0 Å². The van der Waals surface area contributed by atoms with Crippen LogP contribution in [0.4, 0.5) is 5.69 Å². The van der Waals surface area contributed by atoms with Gasteiger partial charge in [0.25, 0.3) is 0 Å². The Morgan fingerprint density at radius 3 is 2.48 bits per heavy atom. The third-order valence-corrected chi connectivity index (χ3v) is 6.34. The molecule has 5 nitrogen and oxygen atoms in total. The van der Waals surface area contributed by atoms with Crippen LogP contribution >= 0.6 is 24.0 Å². The zero-order valence-electron chi connectivity index (χ0n) is 16.4. The Kier molecular flexibility index (Phi) is 5.36. The molecule has 1 aliphatic rings. The van der Waals surface area contributed by atoms with Gasteiger partial charge in [0.2, 0.25) is 0 Å². The molecule has 1 fully saturated rings. The molecule has 0 amide bonds. The fourth-order valence-electron chi connectivity index (χ4n) is 3.72. The summed E-state index contributed by atoms with van der Waals surface area (Å²) in [5.74, 6) is 0.897. The van der Waals surface area contributed by atoms with Gasteiger partial charge in [0.05, 0.1) is 17.4 Å². The average Bonchev–Trinajstić information content (AvgIpc) is 3.39. The van der Waals surface area contributed by atoms with Crippen molar-refractivity contribution in [3.05, 3.63) is 103 Å². The highest BCUT2D eigenvalue weighted by atomic mass is 32.2. The predicted octanol–water partition coefficient (Wildman–Crippen LogP) is 5.71. The normalized spacial score (nSPS) is 18.2. The van der Waals surface area contributed by atoms with Gasteiger partial charge in [-0.2, -0.15) is 0 Å². The third kappa shape index (κ3) is 3.89. The summed E-state index contributed by atoms with van der Waals surface area (Å²) in [6.07, 6.45) is 1.76. The zero-order valence-corrected chi connectivity index (χ0v) is 18.0. The van der Waals surface area contributed by atoms with Gasteiger partial charge in [-0.1, -0.05) is 48.2 Å². The van der Waals surface area contributed by atoms with Crippen LogP contribution in [-0.4, -0.2) is 15.2 Å². The van der Waals surface area contributed by atoms with E-state index in [1.807, 2.05) is 77.7 Å². The van der Waals surface area contributed by atoms with E-state index in [1.165, 1.54) is 0 Å². The third-order valence-electron chi connectivity index (χ3n) is 5.09. The van der Waals surface area contributed by atoms with E-state index in [-0.39, 0.29) is 17.8 Å². The summed E-state index contributed by atoms with van der Waals surface area (Å²) in [5.41, 5.74) is 1.47. The summed E-state index contributed by atoms with van der Waals surface area (Å²) in [4.78, 5) is 7.54. The van der Waals surface area contributed by atoms with Gasteiger partial charge in [-0.15, -0.1) is 0 Å². The fourth-order valence-corrected chi connectivity index (χ4v) is 4.86. The maximum absolute atomic E-state index is 10.5. The number of nitrogens with one attached hydrogen (secondary N) is 1. The van der Waals surface area contributed by atoms with Crippen molar-refractivity contribution < 1.29 is 9.52 Å². The topological polar surface area (TPSA) is 61.5 Å². The number of thiocarbonyl (C=S) groups is 1. The number of phenolic OH excluding ortho intramolecular Hbond substituents is 1. The number of pyridine rings is 1. The van der Waals surface area contributed by atoms with E-state index >= 15 is 0 Å². The van der Waals surface area contributed by atoms with E-state index in [4.69, 9.17) is 16.6 Å². The SMILES string of the molecule is Oc1ccccc1N1C(=S)N[C@H](c2ccccn2)[C@H]1c1ccc(Sc2ccccc2)o1. The summed E-state index contributed by atoms with van der Waals surface area (Å²) in [6.45, 7) is 0. The summed E-state index contributed by atoms with van der Waals surface area (Å²) >= 11 is 7.24. The van der Waals surface area contributed by atoms with E-state index in [9.17, 15) is 5.11 Å². The number of anilines is 1. The predicted molar refractivity (Wildman–Crippen MR) is 125 cm³/mol. The second kappa shape index (κ2) is 8.45. The first kappa shape index (κ1) is 19.7. The highest BCUT2D eigenvalue weighted by Crippen LogP contribution is 2.45. The number of benzene rings is 2. The van der Waals surface area contributed by atoms with Crippen LogP contribution in [0.25, 0.3) is 0 Å². The molecule has 31 heavy (non-hydrogen) atoms. The lowest BCUT2D eigenvalue weighted by Gasteiger charge is -2.26. The Balaban J connectivity index is 1.55. The van der Waals surface area contributed by atoms with Gasteiger partial charge in [0.15, 0.2) is 10.2 Å². The van der Waals surface area contributed by atoms with E-state index in [0.29, 0.717) is 10.8 Å². The van der Waals surface area contributed by atoms with Crippen LogP contribution < -0.4 is 10.2 Å². The van der Waals surface area contributed by atoms with E-state index < -0.39 is 0 Å². The first-order chi connectivity index (χ1) is 15.2. The summed E-state index contributed by atoms with van der Waals surface area (Å²) in [6, 6.07) is 26.4. The first-order valence-electron chi connectivity index (χ1n) is 9.82. The minimum atomic E-state index is -0.305. The van der Waals surface area contributed by atoms with Crippen molar-refractivity contribution >= 4 is 34.8 Å². The summed E-state index contributed by atoms with van der Waals surface area (Å²) < 4.78 is 6.28. The number of hydrogen-bond acceptors (Lipinski definition) is 5. The molecule has 0 bridgehead atoms. The molecule has 154 valence electrons. The molecule has 0 aliphatic carbocycles. The van der Waals surface area contributed by atoms with Crippen molar-refractivity contribution in [2.24, 2.45) is 0 Å². The van der Waals surface area contributed by atoms with Gasteiger partial charge in [-0.3, -0.25) is 4.98 Å². The Bertz CT molecular complexity index is 1200. The Labute approximate surface area is 189 Å². The quantitative estimate of drug-likeness (QED) is 0.382. The molecule has 3 heterocycles. The largest absolute Gasteiger partial charge is 0.506 e. The lowest BCUT2D eigenvalue weighted by atomic mass is 10.0. The zero-order chi connectivity index (χ0) is 21.2. The summed E-state index contributed by atoms with van der Waals surface area (Å²) in [5, 5.41) is 15.2. The van der Waals surface area contributed by atoms with Crippen LogP contribution in [0.15, 0.2) is 106 Å². The molecule has 0 radical (unpaired) electrons. The Morgan fingerprint density at radius 2 is 1.71 bits per heavy atom. The Morgan fingerprint density at radius 1 is 0.935 bits per heavy atom. The number of phenols is 1. The van der Waals surface area contributed by atoms with E-state index in [2.05, 4.69) is 10.3 Å². The van der Waals surface area contributed by atoms with Gasteiger partial charge >= 0.3 is 0 Å². The second-order valence-corrected chi connectivity index (χ2v) is 8.52. The maximum atomic E-state index is 10.5. The molecule has 0 spiro atoms. The molecule has 0 saturated carbocycles. The van der Waals surface area contributed by atoms with Gasteiger partial charge in [-0.25, -0.2) is 0 Å². The number of para-hydroxylation sites is 2. The molecular weight excluding hydrogens is 426 g/mol. The van der Waals surface area contributed by atoms with Crippen LogP contribution in [0.1, 0.15) is 23.5 Å². The van der Waals surface area contributed by atoms with Crippen molar-refractivity contribution in [2.45, 2.75) is 22.1 Å². The van der Waals surface area contributed by atoms with Crippen LogP contribution in [-0.2, 0) is 0 Å². The average molecular weight is 446 g/mol. The lowest BCUT2D eigenvalue weighted by molar-refractivity contribution is 0.382. The molecule has 2 N–H and O–H groups in total. The molecule has 7 heteroatoms. The lowest BCUT2D eigenvalue weighted by Crippen LogP contribution is -2.29. The van der Waals surface area contributed by atoms with Crippen molar-refractivity contribution in [3.8, 4) is 5.75 Å². The number of furan rings is 1. The molecule has 2 atom stereocenters. The number of rotatable bonds is 5. The summed E-state index contributed by atoms with van der Waals surface area (Å²) in [7, 11) is 0. The minimum Gasteiger partial charge on any atom is -0.506 e. The van der Waals surface area contributed by atoms with Crippen molar-refractivity contribution in [1.29, 1.82) is 0 Å². The molecule has 1 saturated heterocycles. The number of nitrogens with zero attached hydrogens (tertiary/aromatic N) is 2. The first-order valence-corrected chi connectivity index (χ1v) is 11.0. The molecule has 5 rings (SSSR count). The standard InChI is InChI=1S/C24H19N3O2S2/c28-19-12-5-4-11-18(19)27-23(22(26-24(27)30)17-10-6-7-15-25-17)20-13-14-21(29-20)31-16-8-2-1-3-9-16/h1-15,22-23,28H,(H,26,30)/t22-,23-/m1/s1. The van der Waals surface area contributed by atoms with Crippen molar-refractivity contribution in [1.82, 2.24) is 10.3 Å². The van der Waals surface area contributed by atoms with Crippen LogP contribution in [0.5, 0.6) is 5.75 Å². The second-order valence-electron chi connectivity index (χ2n) is 7.06. The Hall–Kier alpha value is -3.29. The highest BCUT2D eigenvalue weighted by Gasteiger charge is 2.43. The van der Waals surface area contributed by atoms with E-state index in [0.717, 1.165) is 21.4 Å². The molecule has 1 aliphatic heterocycles. The van der Waals surface area contributed by atoms with Gasteiger partial charge in [-0.05, 0) is 60.7 Å². The monoisotopic (exact) mass is 445 g/mol. The minimum absolute atomic E-state index is 0.156. The molecular formula is C24H19N3O2S2. The molecule has 0 unspecified atom stereocenters. The van der Waals surface area contributed by atoms with Crippen LogP contribution in [0, 0.1) is 0 Å². The van der Waals surface area contributed by atoms with Crippen molar-refractivity contribution in [3.63, 3.8) is 0 Å². The maximum Gasteiger partial charge on any atom is 0.174 e. The number of hydrogen-bond donors (Lipinski definition) is 2. The van der Waals surface area contributed by atoms with Gasteiger partial charge < -0.3 is 19.7 Å². The molecule has 2 aromatic carbocycles. The number of aromatic nitrogens is 1. The highest BCUT2D eigenvalue weighted by molar-refractivity contribution is 7.99. The fraction of sp³-hybridized carbons (Fsp3) is 0.0833. The van der Waals surface area contributed by atoms with Gasteiger partial charge in [0.1, 0.15) is 17.6 Å². The van der Waals surface area contributed by atoms with Crippen molar-refractivity contribution in [2.75, 3.05) is 4.90 Å².